The number of likely N-dealkylation sites (N-methyl/N-ethyl adjacent to an activating group) is 1. The Balaban J connectivity index is 2.82. The summed E-state index contributed by atoms with van der Waals surface area (Å²) in [6, 6.07) is 8.23. The third kappa shape index (κ3) is 3.57. The molecule has 1 amide bonds. The van der Waals surface area contributed by atoms with E-state index in [1.807, 2.05) is 24.0 Å². The van der Waals surface area contributed by atoms with Crippen LogP contribution in [-0.4, -0.2) is 30.1 Å². The fourth-order valence-corrected chi connectivity index (χ4v) is 1.83. The van der Waals surface area contributed by atoms with Crippen molar-refractivity contribution in [3.8, 4) is 0 Å². The molecule has 3 heteroatoms. The van der Waals surface area contributed by atoms with Gasteiger partial charge in [-0.2, -0.15) is 0 Å². The summed E-state index contributed by atoms with van der Waals surface area (Å²) < 4.78 is 5.25. The molecule has 1 aromatic rings. The summed E-state index contributed by atoms with van der Waals surface area (Å²) in [5.41, 5.74) is 1.60. The molecule has 0 fully saturated rings. The number of hydrogen-bond donors (Lipinski definition) is 0. The SMILES string of the molecule is CCN(Cc1cccc(C)c1)C(=O)C(C)(C)OC. The molecule has 0 aliphatic rings. The summed E-state index contributed by atoms with van der Waals surface area (Å²) in [4.78, 5) is 14.1. The minimum atomic E-state index is -0.764. The van der Waals surface area contributed by atoms with Crippen molar-refractivity contribution in [3.63, 3.8) is 0 Å². The van der Waals surface area contributed by atoms with Gasteiger partial charge in [0.2, 0.25) is 0 Å². The largest absolute Gasteiger partial charge is 0.369 e. The van der Waals surface area contributed by atoms with Crippen LogP contribution in [0, 0.1) is 6.92 Å². The van der Waals surface area contributed by atoms with E-state index in [4.69, 9.17) is 4.74 Å². The number of hydrogen-bond acceptors (Lipinski definition) is 2. The maximum Gasteiger partial charge on any atom is 0.254 e. The average molecular weight is 249 g/mol. The van der Waals surface area contributed by atoms with E-state index in [0.717, 1.165) is 5.56 Å². The third-order valence-electron chi connectivity index (χ3n) is 3.15. The highest BCUT2D eigenvalue weighted by Crippen LogP contribution is 2.15. The van der Waals surface area contributed by atoms with Gasteiger partial charge in [0.25, 0.3) is 5.91 Å². The molecular formula is C15H23NO2. The molecule has 3 nitrogen and oxygen atoms in total. The maximum atomic E-state index is 12.3. The van der Waals surface area contributed by atoms with Gasteiger partial charge >= 0.3 is 0 Å². The van der Waals surface area contributed by atoms with E-state index in [0.29, 0.717) is 13.1 Å². The van der Waals surface area contributed by atoms with Crippen molar-refractivity contribution in [1.29, 1.82) is 0 Å². The minimum absolute atomic E-state index is 0.0222. The van der Waals surface area contributed by atoms with Crippen LogP contribution in [-0.2, 0) is 16.1 Å². The Morgan fingerprint density at radius 2 is 2.06 bits per heavy atom. The molecule has 0 aliphatic heterocycles. The van der Waals surface area contributed by atoms with Crippen molar-refractivity contribution < 1.29 is 9.53 Å². The fraction of sp³-hybridized carbons (Fsp3) is 0.533. The van der Waals surface area contributed by atoms with Gasteiger partial charge in [0.05, 0.1) is 0 Å². The van der Waals surface area contributed by atoms with Crippen LogP contribution in [0.4, 0.5) is 0 Å². The van der Waals surface area contributed by atoms with Crippen LogP contribution in [0.25, 0.3) is 0 Å². The van der Waals surface area contributed by atoms with Crippen molar-refractivity contribution in [2.75, 3.05) is 13.7 Å². The third-order valence-corrected chi connectivity index (χ3v) is 3.15. The Kier molecular flexibility index (Phi) is 4.91. The van der Waals surface area contributed by atoms with Gasteiger partial charge in [0.15, 0.2) is 0 Å². The van der Waals surface area contributed by atoms with Gasteiger partial charge in [-0.25, -0.2) is 0 Å². The zero-order valence-electron chi connectivity index (χ0n) is 12.0. The molecule has 100 valence electrons. The molecule has 1 rings (SSSR count). The summed E-state index contributed by atoms with van der Waals surface area (Å²) >= 11 is 0. The molecule has 1 aromatic carbocycles. The Morgan fingerprint density at radius 1 is 1.39 bits per heavy atom. The number of benzene rings is 1. The number of amides is 1. The Labute approximate surface area is 110 Å². The normalized spacial score (nSPS) is 11.4. The van der Waals surface area contributed by atoms with E-state index in [9.17, 15) is 4.79 Å². The van der Waals surface area contributed by atoms with Crippen LogP contribution in [0.3, 0.4) is 0 Å². The molecule has 18 heavy (non-hydrogen) atoms. The van der Waals surface area contributed by atoms with Crippen molar-refractivity contribution in [1.82, 2.24) is 4.90 Å². The summed E-state index contributed by atoms with van der Waals surface area (Å²) in [6.45, 7) is 8.95. The second-order valence-corrected chi connectivity index (χ2v) is 5.02. The van der Waals surface area contributed by atoms with E-state index in [-0.39, 0.29) is 5.91 Å². The molecule has 0 heterocycles. The van der Waals surface area contributed by atoms with Gasteiger partial charge in [0, 0.05) is 20.2 Å². The first-order valence-corrected chi connectivity index (χ1v) is 6.30. The van der Waals surface area contributed by atoms with E-state index >= 15 is 0 Å². The van der Waals surface area contributed by atoms with E-state index in [2.05, 4.69) is 19.1 Å². The van der Waals surface area contributed by atoms with Gasteiger partial charge in [-0.1, -0.05) is 29.8 Å². The number of methoxy groups -OCH3 is 1. The van der Waals surface area contributed by atoms with Crippen LogP contribution in [0.15, 0.2) is 24.3 Å². The van der Waals surface area contributed by atoms with E-state index in [1.54, 1.807) is 21.0 Å². The number of aryl methyl sites for hydroxylation is 1. The van der Waals surface area contributed by atoms with Crippen molar-refractivity contribution in [2.24, 2.45) is 0 Å². The van der Waals surface area contributed by atoms with Crippen LogP contribution in [0.5, 0.6) is 0 Å². The zero-order valence-corrected chi connectivity index (χ0v) is 12.0. The summed E-state index contributed by atoms with van der Waals surface area (Å²) in [5.74, 6) is 0.0222. The highest BCUT2D eigenvalue weighted by molar-refractivity contribution is 5.84. The molecule has 0 unspecified atom stereocenters. The topological polar surface area (TPSA) is 29.5 Å². The monoisotopic (exact) mass is 249 g/mol. The summed E-state index contributed by atoms with van der Waals surface area (Å²) in [5, 5.41) is 0. The molecule has 0 aromatic heterocycles. The lowest BCUT2D eigenvalue weighted by Crippen LogP contribution is -2.46. The molecule has 0 spiro atoms. The average Bonchev–Trinajstić information content (AvgIpc) is 2.35. The zero-order chi connectivity index (χ0) is 13.8. The fourth-order valence-electron chi connectivity index (χ4n) is 1.83. The molecule has 0 saturated heterocycles. The van der Waals surface area contributed by atoms with Crippen LogP contribution < -0.4 is 0 Å². The molecule has 0 N–H and O–H groups in total. The maximum absolute atomic E-state index is 12.3. The quantitative estimate of drug-likeness (QED) is 0.803. The first kappa shape index (κ1) is 14.7. The molecule has 0 bridgehead atoms. The van der Waals surface area contributed by atoms with E-state index < -0.39 is 5.60 Å². The Bertz CT molecular complexity index is 413. The highest BCUT2D eigenvalue weighted by Gasteiger charge is 2.31. The molecule has 0 saturated carbocycles. The second kappa shape index (κ2) is 6.01. The molecule has 0 radical (unpaired) electrons. The van der Waals surface area contributed by atoms with Crippen LogP contribution in [0.1, 0.15) is 31.9 Å². The summed E-state index contributed by atoms with van der Waals surface area (Å²) in [7, 11) is 1.57. The molecule has 0 aliphatic carbocycles. The first-order valence-electron chi connectivity index (χ1n) is 6.30. The lowest BCUT2D eigenvalue weighted by molar-refractivity contribution is -0.151. The lowest BCUT2D eigenvalue weighted by Gasteiger charge is -2.30. The number of carbonyl (C=O) groups excluding carboxylic acids is 1. The van der Waals surface area contributed by atoms with Gasteiger partial charge in [0.1, 0.15) is 5.60 Å². The van der Waals surface area contributed by atoms with E-state index in [1.165, 1.54) is 5.56 Å². The van der Waals surface area contributed by atoms with Gasteiger partial charge in [-0.15, -0.1) is 0 Å². The smallest absolute Gasteiger partial charge is 0.254 e. The number of ether oxygens (including phenoxy) is 1. The van der Waals surface area contributed by atoms with Crippen LogP contribution >= 0.6 is 0 Å². The second-order valence-electron chi connectivity index (χ2n) is 5.02. The number of carbonyl (C=O) groups is 1. The minimum Gasteiger partial charge on any atom is -0.369 e. The number of rotatable bonds is 5. The lowest BCUT2D eigenvalue weighted by atomic mass is 10.1. The first-order chi connectivity index (χ1) is 8.40. The standard InChI is InChI=1S/C15H23NO2/c1-6-16(14(17)15(3,4)18-5)11-13-9-7-8-12(2)10-13/h7-10H,6,11H2,1-5H3. The van der Waals surface area contributed by atoms with Crippen molar-refractivity contribution in [3.05, 3.63) is 35.4 Å². The molecule has 0 atom stereocenters. The highest BCUT2D eigenvalue weighted by atomic mass is 16.5. The summed E-state index contributed by atoms with van der Waals surface area (Å²) in [6.07, 6.45) is 0. The van der Waals surface area contributed by atoms with Crippen LogP contribution in [0.2, 0.25) is 0 Å². The van der Waals surface area contributed by atoms with Gasteiger partial charge in [-0.3, -0.25) is 4.79 Å². The van der Waals surface area contributed by atoms with Gasteiger partial charge < -0.3 is 9.64 Å². The number of nitrogens with zero attached hydrogens (tertiary/aromatic N) is 1. The predicted octanol–water partition coefficient (Wildman–Crippen LogP) is 2.77. The molecular weight excluding hydrogens is 226 g/mol. The van der Waals surface area contributed by atoms with Crippen molar-refractivity contribution in [2.45, 2.75) is 39.8 Å². The van der Waals surface area contributed by atoms with Crippen molar-refractivity contribution >= 4 is 5.91 Å². The predicted molar refractivity (Wildman–Crippen MR) is 73.4 cm³/mol. The Hall–Kier alpha value is -1.35. The van der Waals surface area contributed by atoms with Gasteiger partial charge in [-0.05, 0) is 33.3 Å². The Morgan fingerprint density at radius 3 is 2.56 bits per heavy atom.